The number of likely N-dealkylation sites (N-methyl/N-ethyl adjacent to an activating group) is 1. The van der Waals surface area contributed by atoms with Gasteiger partial charge in [-0.25, -0.2) is 5.84 Å². The molecule has 0 aromatic heterocycles. The molecule has 18 heavy (non-hydrogen) atoms. The largest absolute Gasteiger partial charge is 0.380 e. The highest BCUT2D eigenvalue weighted by molar-refractivity contribution is 5.82. The average Bonchev–Trinajstić information content (AvgIpc) is 2.40. The lowest BCUT2D eigenvalue weighted by atomic mass is 10.1. The van der Waals surface area contributed by atoms with Gasteiger partial charge in [-0.15, -0.1) is 0 Å². The number of rotatable bonds is 7. The van der Waals surface area contributed by atoms with Crippen molar-refractivity contribution in [3.05, 3.63) is 35.9 Å². The van der Waals surface area contributed by atoms with E-state index in [0.717, 1.165) is 5.56 Å². The Morgan fingerprint density at radius 1 is 1.44 bits per heavy atom. The zero-order valence-corrected chi connectivity index (χ0v) is 10.9. The molecule has 0 bridgehead atoms. The van der Waals surface area contributed by atoms with Crippen molar-refractivity contribution in [2.75, 3.05) is 26.8 Å². The van der Waals surface area contributed by atoms with E-state index in [1.54, 1.807) is 0 Å². The van der Waals surface area contributed by atoms with Crippen LogP contribution in [0.4, 0.5) is 0 Å². The van der Waals surface area contributed by atoms with Gasteiger partial charge in [0.05, 0.1) is 6.61 Å². The first-order chi connectivity index (χ1) is 8.70. The van der Waals surface area contributed by atoms with Gasteiger partial charge in [0.25, 0.3) is 5.91 Å². The van der Waals surface area contributed by atoms with Crippen LogP contribution in [0.5, 0.6) is 0 Å². The van der Waals surface area contributed by atoms with Crippen LogP contribution < -0.4 is 11.3 Å². The van der Waals surface area contributed by atoms with Gasteiger partial charge in [0.1, 0.15) is 6.04 Å². The van der Waals surface area contributed by atoms with Crippen LogP contribution in [0.2, 0.25) is 0 Å². The summed E-state index contributed by atoms with van der Waals surface area (Å²) >= 11 is 0. The maximum absolute atomic E-state index is 11.9. The van der Waals surface area contributed by atoms with Crippen molar-refractivity contribution in [1.82, 2.24) is 10.3 Å². The van der Waals surface area contributed by atoms with Crippen molar-refractivity contribution in [3.63, 3.8) is 0 Å². The third-order valence-corrected chi connectivity index (χ3v) is 2.74. The molecular formula is C13H21N3O2. The van der Waals surface area contributed by atoms with Gasteiger partial charge in [-0.3, -0.25) is 15.1 Å². The van der Waals surface area contributed by atoms with Gasteiger partial charge in [-0.05, 0) is 19.5 Å². The fourth-order valence-electron chi connectivity index (χ4n) is 1.80. The summed E-state index contributed by atoms with van der Waals surface area (Å²) in [5.74, 6) is 5.02. The van der Waals surface area contributed by atoms with Gasteiger partial charge in [0.15, 0.2) is 0 Å². The number of nitrogens with one attached hydrogen (secondary N) is 1. The highest BCUT2D eigenvalue weighted by atomic mass is 16.5. The van der Waals surface area contributed by atoms with Crippen LogP contribution in [0.25, 0.3) is 0 Å². The average molecular weight is 251 g/mol. The summed E-state index contributed by atoms with van der Waals surface area (Å²) in [7, 11) is 1.88. The van der Waals surface area contributed by atoms with E-state index >= 15 is 0 Å². The summed E-state index contributed by atoms with van der Waals surface area (Å²) in [4.78, 5) is 13.8. The zero-order valence-electron chi connectivity index (χ0n) is 10.9. The van der Waals surface area contributed by atoms with E-state index in [1.807, 2.05) is 49.2 Å². The summed E-state index contributed by atoms with van der Waals surface area (Å²) in [6.07, 6.45) is 0. The molecule has 0 saturated heterocycles. The molecule has 5 heteroatoms. The Morgan fingerprint density at radius 3 is 2.67 bits per heavy atom. The lowest BCUT2D eigenvalue weighted by molar-refractivity contribution is -0.126. The Hall–Kier alpha value is -1.43. The van der Waals surface area contributed by atoms with Crippen LogP contribution in [0.15, 0.2) is 30.3 Å². The van der Waals surface area contributed by atoms with Gasteiger partial charge in [0, 0.05) is 13.2 Å². The van der Waals surface area contributed by atoms with Gasteiger partial charge in [0.2, 0.25) is 0 Å². The first-order valence-electron chi connectivity index (χ1n) is 6.04. The van der Waals surface area contributed by atoms with Crippen molar-refractivity contribution in [2.24, 2.45) is 5.84 Å². The van der Waals surface area contributed by atoms with E-state index in [-0.39, 0.29) is 5.91 Å². The molecule has 0 aliphatic heterocycles. The predicted octanol–water partition coefficient (Wildman–Crippen LogP) is 0.686. The number of hydrogen-bond donors (Lipinski definition) is 2. The van der Waals surface area contributed by atoms with Crippen LogP contribution in [0.1, 0.15) is 18.5 Å². The zero-order chi connectivity index (χ0) is 13.4. The number of carbonyl (C=O) groups excluding carboxylic acids is 1. The second kappa shape index (κ2) is 7.81. The number of nitrogens with two attached hydrogens (primary N) is 1. The third kappa shape index (κ3) is 4.10. The summed E-state index contributed by atoms with van der Waals surface area (Å²) in [6, 6.07) is 9.16. The molecule has 3 N–H and O–H groups in total. The summed E-state index contributed by atoms with van der Waals surface area (Å²) in [6.45, 7) is 3.88. The third-order valence-electron chi connectivity index (χ3n) is 2.74. The molecule has 0 heterocycles. The summed E-state index contributed by atoms with van der Waals surface area (Å²) < 4.78 is 5.30. The first kappa shape index (κ1) is 14.6. The quantitative estimate of drug-likeness (QED) is 0.324. The standard InChI is InChI=1S/C13H21N3O2/c1-3-18-10-9-16(2)12(13(17)15-14)11-7-5-4-6-8-11/h4-8,12H,3,9-10,14H2,1-2H3,(H,15,17). The van der Waals surface area contributed by atoms with Gasteiger partial charge in [-0.1, -0.05) is 30.3 Å². The molecule has 0 radical (unpaired) electrons. The maximum Gasteiger partial charge on any atom is 0.255 e. The topological polar surface area (TPSA) is 67.6 Å². The highest BCUT2D eigenvalue weighted by Gasteiger charge is 2.23. The molecule has 1 rings (SSSR count). The lowest BCUT2D eigenvalue weighted by Gasteiger charge is -2.26. The molecule has 100 valence electrons. The number of ether oxygens (including phenoxy) is 1. The minimum Gasteiger partial charge on any atom is -0.380 e. The van der Waals surface area contributed by atoms with Crippen molar-refractivity contribution in [3.8, 4) is 0 Å². The number of hydrogen-bond acceptors (Lipinski definition) is 4. The smallest absolute Gasteiger partial charge is 0.255 e. The fourth-order valence-corrected chi connectivity index (χ4v) is 1.80. The minimum atomic E-state index is -0.392. The van der Waals surface area contributed by atoms with Crippen molar-refractivity contribution in [2.45, 2.75) is 13.0 Å². The Balaban J connectivity index is 2.76. The van der Waals surface area contributed by atoms with E-state index in [9.17, 15) is 4.79 Å². The van der Waals surface area contributed by atoms with E-state index in [0.29, 0.717) is 19.8 Å². The number of carbonyl (C=O) groups is 1. The first-order valence-corrected chi connectivity index (χ1v) is 6.04. The molecule has 5 nitrogen and oxygen atoms in total. The Kier molecular flexibility index (Phi) is 6.35. The predicted molar refractivity (Wildman–Crippen MR) is 70.6 cm³/mol. The number of nitrogens with zero attached hydrogens (tertiary/aromatic N) is 1. The summed E-state index contributed by atoms with van der Waals surface area (Å²) in [5, 5.41) is 0. The Morgan fingerprint density at radius 2 is 2.11 bits per heavy atom. The fraction of sp³-hybridized carbons (Fsp3) is 0.462. The molecule has 0 saturated carbocycles. The second-order valence-corrected chi connectivity index (χ2v) is 4.00. The number of hydrazine groups is 1. The number of benzene rings is 1. The number of amides is 1. The molecule has 1 aromatic rings. The van der Waals surface area contributed by atoms with E-state index in [2.05, 4.69) is 5.43 Å². The molecule has 1 unspecified atom stereocenters. The van der Waals surface area contributed by atoms with Crippen LogP contribution in [-0.2, 0) is 9.53 Å². The Bertz CT molecular complexity index is 357. The minimum absolute atomic E-state index is 0.222. The molecule has 0 fully saturated rings. The van der Waals surface area contributed by atoms with E-state index in [1.165, 1.54) is 0 Å². The van der Waals surface area contributed by atoms with Crippen LogP contribution in [0.3, 0.4) is 0 Å². The van der Waals surface area contributed by atoms with Crippen molar-refractivity contribution < 1.29 is 9.53 Å². The lowest BCUT2D eigenvalue weighted by Crippen LogP contribution is -2.42. The molecule has 0 spiro atoms. The normalized spacial score (nSPS) is 12.4. The molecule has 1 aromatic carbocycles. The van der Waals surface area contributed by atoms with Crippen molar-refractivity contribution >= 4 is 5.91 Å². The van der Waals surface area contributed by atoms with Gasteiger partial charge >= 0.3 is 0 Å². The maximum atomic E-state index is 11.9. The van der Waals surface area contributed by atoms with E-state index in [4.69, 9.17) is 10.6 Å². The van der Waals surface area contributed by atoms with Gasteiger partial charge < -0.3 is 4.74 Å². The molecule has 0 aliphatic carbocycles. The highest BCUT2D eigenvalue weighted by Crippen LogP contribution is 2.18. The Labute approximate surface area is 108 Å². The van der Waals surface area contributed by atoms with Crippen LogP contribution in [0, 0.1) is 0 Å². The summed E-state index contributed by atoms with van der Waals surface area (Å²) in [5.41, 5.74) is 3.13. The second-order valence-electron chi connectivity index (χ2n) is 4.00. The molecular weight excluding hydrogens is 230 g/mol. The van der Waals surface area contributed by atoms with Crippen LogP contribution in [-0.4, -0.2) is 37.6 Å². The van der Waals surface area contributed by atoms with E-state index < -0.39 is 6.04 Å². The monoisotopic (exact) mass is 251 g/mol. The van der Waals surface area contributed by atoms with Gasteiger partial charge in [-0.2, -0.15) is 0 Å². The van der Waals surface area contributed by atoms with Crippen molar-refractivity contribution in [1.29, 1.82) is 0 Å². The molecule has 1 amide bonds. The molecule has 1 atom stereocenters. The van der Waals surface area contributed by atoms with Crippen LogP contribution >= 0.6 is 0 Å². The SMILES string of the molecule is CCOCCN(C)C(C(=O)NN)c1ccccc1. The molecule has 0 aliphatic rings.